The van der Waals surface area contributed by atoms with E-state index in [0.29, 0.717) is 11.5 Å². The molecule has 146 valence electrons. The molecule has 3 aromatic rings. The van der Waals surface area contributed by atoms with Gasteiger partial charge in [-0.3, -0.25) is 4.98 Å². The first-order valence-electron chi connectivity index (χ1n) is 7.87. The lowest BCUT2D eigenvalue weighted by Crippen LogP contribution is -2.32. The number of aromatic nitrogens is 5. The maximum atomic E-state index is 12.7. The van der Waals surface area contributed by atoms with Gasteiger partial charge in [-0.05, 0) is 47.7 Å². The highest BCUT2D eigenvalue weighted by molar-refractivity contribution is 14.1. The molecule has 8 nitrogen and oxygen atoms in total. The van der Waals surface area contributed by atoms with Crippen molar-refractivity contribution >= 4 is 34.3 Å². The molecule has 0 radical (unpaired) electrons. The van der Waals surface area contributed by atoms with Crippen LogP contribution in [0, 0.1) is 3.57 Å². The highest BCUT2D eigenvalue weighted by Gasteiger charge is 2.31. The lowest BCUT2D eigenvalue weighted by Gasteiger charge is -2.17. The minimum atomic E-state index is -4.45. The molecule has 0 aliphatic carbocycles. The van der Waals surface area contributed by atoms with Gasteiger partial charge in [0.25, 0.3) is 0 Å². The minimum Gasteiger partial charge on any atom is -0.330 e. The summed E-state index contributed by atoms with van der Waals surface area (Å²) in [6.07, 6.45) is 1.46. The average Bonchev–Trinajstić information content (AvgIpc) is 3.17. The Balaban J connectivity index is 1.73. The Hall–Kier alpha value is -2.77. The van der Waals surface area contributed by atoms with E-state index in [0.717, 1.165) is 12.1 Å². The average molecular weight is 503 g/mol. The quantitative estimate of drug-likeness (QED) is 0.531. The van der Waals surface area contributed by atoms with Gasteiger partial charge in [0.1, 0.15) is 5.69 Å². The fourth-order valence-corrected chi connectivity index (χ4v) is 2.99. The molecule has 0 saturated carbocycles. The van der Waals surface area contributed by atoms with Gasteiger partial charge in [0, 0.05) is 16.0 Å². The molecule has 0 aliphatic rings. The van der Waals surface area contributed by atoms with Crippen LogP contribution in [0.3, 0.4) is 0 Å². The standard InChI is InChI=1S/C16H13F3IN7O/c1-9(13-14(22-5-4-21-13)27-23-6-7-24-27)25-15(28)26-12-3-2-10(8-11(12)20)16(17,18)19/h2-9H,1H3,(H2,25,26,28). The molecule has 0 spiro atoms. The predicted octanol–water partition coefficient (Wildman–Crippen LogP) is 3.56. The smallest absolute Gasteiger partial charge is 0.330 e. The number of hydrogen-bond donors (Lipinski definition) is 2. The summed E-state index contributed by atoms with van der Waals surface area (Å²) in [5.41, 5.74) is -0.102. The molecule has 28 heavy (non-hydrogen) atoms. The van der Waals surface area contributed by atoms with Gasteiger partial charge in [-0.25, -0.2) is 9.78 Å². The van der Waals surface area contributed by atoms with E-state index < -0.39 is 23.8 Å². The SMILES string of the molecule is CC(NC(=O)Nc1ccc(C(F)(F)F)cc1I)c1nccnc1-n1nccn1. The van der Waals surface area contributed by atoms with E-state index in [1.165, 1.54) is 35.7 Å². The lowest BCUT2D eigenvalue weighted by atomic mass is 10.2. The van der Waals surface area contributed by atoms with Crippen LogP contribution in [0.1, 0.15) is 24.2 Å². The van der Waals surface area contributed by atoms with Crippen molar-refractivity contribution in [2.75, 3.05) is 5.32 Å². The number of carbonyl (C=O) groups excluding carboxylic acids is 1. The molecule has 12 heteroatoms. The van der Waals surface area contributed by atoms with Crippen LogP contribution in [0.5, 0.6) is 0 Å². The maximum Gasteiger partial charge on any atom is 0.416 e. The van der Waals surface area contributed by atoms with Gasteiger partial charge in [0.05, 0.1) is 29.7 Å². The number of amides is 2. The van der Waals surface area contributed by atoms with E-state index in [1.807, 2.05) is 0 Å². The lowest BCUT2D eigenvalue weighted by molar-refractivity contribution is -0.137. The van der Waals surface area contributed by atoms with E-state index >= 15 is 0 Å². The van der Waals surface area contributed by atoms with Crippen LogP contribution in [0.15, 0.2) is 43.0 Å². The van der Waals surface area contributed by atoms with Crippen molar-refractivity contribution in [3.63, 3.8) is 0 Å². The molecule has 1 atom stereocenters. The molecule has 2 amide bonds. The molecule has 2 aromatic heterocycles. The summed E-state index contributed by atoms with van der Waals surface area (Å²) in [7, 11) is 0. The number of nitrogens with one attached hydrogen (secondary N) is 2. The first kappa shape index (κ1) is 20.0. The second-order valence-corrected chi connectivity index (χ2v) is 6.76. The molecule has 0 bridgehead atoms. The molecular weight excluding hydrogens is 490 g/mol. The Bertz CT molecular complexity index is 979. The van der Waals surface area contributed by atoms with Crippen LogP contribution in [0.4, 0.5) is 23.7 Å². The number of hydrogen-bond acceptors (Lipinski definition) is 5. The Morgan fingerprint density at radius 3 is 2.46 bits per heavy atom. The topological polar surface area (TPSA) is 97.6 Å². The van der Waals surface area contributed by atoms with Gasteiger partial charge in [0.15, 0.2) is 5.82 Å². The van der Waals surface area contributed by atoms with Gasteiger partial charge in [-0.1, -0.05) is 0 Å². The van der Waals surface area contributed by atoms with E-state index in [9.17, 15) is 18.0 Å². The zero-order chi connectivity index (χ0) is 20.3. The summed E-state index contributed by atoms with van der Waals surface area (Å²) >= 11 is 1.73. The number of carbonyl (C=O) groups is 1. The summed E-state index contributed by atoms with van der Waals surface area (Å²) in [6, 6.07) is 1.91. The third-order valence-corrected chi connectivity index (χ3v) is 4.51. The second kappa shape index (κ2) is 8.08. The third-order valence-electron chi connectivity index (χ3n) is 3.62. The fraction of sp³-hybridized carbons (Fsp3) is 0.188. The molecule has 1 aromatic carbocycles. The predicted molar refractivity (Wildman–Crippen MR) is 102 cm³/mol. The van der Waals surface area contributed by atoms with E-state index in [2.05, 4.69) is 30.8 Å². The Labute approximate surface area is 170 Å². The Kier molecular flexibility index (Phi) is 5.76. The van der Waals surface area contributed by atoms with Crippen LogP contribution in [-0.4, -0.2) is 31.0 Å². The van der Waals surface area contributed by atoms with Gasteiger partial charge in [0.2, 0.25) is 0 Å². The molecule has 2 N–H and O–H groups in total. The maximum absolute atomic E-state index is 12.7. The first-order valence-corrected chi connectivity index (χ1v) is 8.95. The van der Waals surface area contributed by atoms with E-state index in [-0.39, 0.29) is 9.26 Å². The number of nitrogens with zero attached hydrogens (tertiary/aromatic N) is 5. The highest BCUT2D eigenvalue weighted by atomic mass is 127. The summed E-state index contributed by atoms with van der Waals surface area (Å²) < 4.78 is 38.5. The summed E-state index contributed by atoms with van der Waals surface area (Å²) in [6.45, 7) is 1.69. The number of benzene rings is 1. The summed E-state index contributed by atoms with van der Waals surface area (Å²) in [5.74, 6) is 0.351. The van der Waals surface area contributed by atoms with Gasteiger partial charge in [-0.15, -0.1) is 4.80 Å². The third kappa shape index (κ3) is 4.55. The monoisotopic (exact) mass is 503 g/mol. The van der Waals surface area contributed by atoms with Crippen molar-refractivity contribution in [3.05, 3.63) is 57.8 Å². The number of anilines is 1. The van der Waals surface area contributed by atoms with Crippen molar-refractivity contribution in [1.82, 2.24) is 30.3 Å². The molecule has 0 fully saturated rings. The molecule has 0 saturated heterocycles. The van der Waals surface area contributed by atoms with Gasteiger partial charge >= 0.3 is 12.2 Å². The van der Waals surface area contributed by atoms with E-state index in [4.69, 9.17) is 0 Å². The van der Waals surface area contributed by atoms with Crippen molar-refractivity contribution < 1.29 is 18.0 Å². The van der Waals surface area contributed by atoms with Crippen LogP contribution in [0.25, 0.3) is 5.82 Å². The molecule has 1 unspecified atom stereocenters. The summed E-state index contributed by atoms with van der Waals surface area (Å²) in [5, 5.41) is 13.2. The normalized spacial score (nSPS) is 12.5. The molecule has 0 aliphatic heterocycles. The molecule has 2 heterocycles. The van der Waals surface area contributed by atoms with E-state index in [1.54, 1.807) is 29.5 Å². The zero-order valence-electron chi connectivity index (χ0n) is 14.3. The van der Waals surface area contributed by atoms with Crippen LogP contribution < -0.4 is 10.6 Å². The number of alkyl halides is 3. The number of halogens is 4. The first-order chi connectivity index (χ1) is 13.3. The molecule has 3 rings (SSSR count). The summed E-state index contributed by atoms with van der Waals surface area (Å²) in [4.78, 5) is 22.0. The number of urea groups is 1. The van der Waals surface area contributed by atoms with Crippen LogP contribution >= 0.6 is 22.6 Å². The molecular formula is C16H13F3IN7O. The van der Waals surface area contributed by atoms with Crippen molar-refractivity contribution in [2.45, 2.75) is 19.1 Å². The van der Waals surface area contributed by atoms with Crippen molar-refractivity contribution in [3.8, 4) is 5.82 Å². The van der Waals surface area contributed by atoms with Crippen molar-refractivity contribution in [2.24, 2.45) is 0 Å². The van der Waals surface area contributed by atoms with Crippen LogP contribution in [0.2, 0.25) is 0 Å². The number of rotatable bonds is 4. The van der Waals surface area contributed by atoms with Gasteiger partial charge < -0.3 is 10.6 Å². The van der Waals surface area contributed by atoms with Crippen LogP contribution in [-0.2, 0) is 6.18 Å². The van der Waals surface area contributed by atoms with Gasteiger partial charge in [-0.2, -0.15) is 23.4 Å². The largest absolute Gasteiger partial charge is 0.416 e. The Morgan fingerprint density at radius 1 is 1.14 bits per heavy atom. The second-order valence-electron chi connectivity index (χ2n) is 5.60. The minimum absolute atomic E-state index is 0.256. The Morgan fingerprint density at radius 2 is 1.82 bits per heavy atom. The zero-order valence-corrected chi connectivity index (χ0v) is 16.4. The highest BCUT2D eigenvalue weighted by Crippen LogP contribution is 2.32. The van der Waals surface area contributed by atoms with Crippen molar-refractivity contribution in [1.29, 1.82) is 0 Å². The fourth-order valence-electron chi connectivity index (χ4n) is 2.34.